The van der Waals surface area contributed by atoms with Gasteiger partial charge in [-0.3, -0.25) is 4.79 Å². The average molecular weight is 696 g/mol. The predicted octanol–water partition coefficient (Wildman–Crippen LogP) is 12.7. The first-order valence-electron chi connectivity index (χ1n) is 22.3. The molecule has 0 radical (unpaired) electrons. The van der Waals surface area contributed by atoms with Gasteiger partial charge >= 0.3 is 0 Å². The number of amides is 1. The van der Waals surface area contributed by atoms with E-state index in [1.165, 1.54) is 193 Å². The maximum Gasteiger partial charge on any atom is 0.220 e. The second-order valence-corrected chi connectivity index (χ2v) is 15.6. The van der Waals surface area contributed by atoms with Crippen molar-refractivity contribution in [3.63, 3.8) is 0 Å². The van der Waals surface area contributed by atoms with E-state index in [1.54, 1.807) is 0 Å². The number of rotatable bonds is 41. The Morgan fingerprint density at radius 3 is 0.980 bits per heavy atom. The number of carbonyl (C=O) groups excluding carboxylic acids is 1. The summed E-state index contributed by atoms with van der Waals surface area (Å²) in [7, 11) is 0. The van der Waals surface area contributed by atoms with E-state index in [1.807, 2.05) is 0 Å². The maximum atomic E-state index is 12.4. The Kier molecular flexibility index (Phi) is 39.6. The fourth-order valence-corrected chi connectivity index (χ4v) is 7.22. The minimum Gasteiger partial charge on any atom is -0.394 e. The molecule has 1 amide bonds. The molecule has 294 valence electrons. The topological polar surface area (TPSA) is 89.8 Å². The lowest BCUT2D eigenvalue weighted by molar-refractivity contribution is -0.124. The molecule has 0 aliphatic carbocycles. The summed E-state index contributed by atoms with van der Waals surface area (Å²) < 4.78 is 0. The summed E-state index contributed by atoms with van der Waals surface area (Å²) in [6.45, 7) is 4.20. The standard InChI is InChI=1S/C44H89NO4/c1-3-5-7-9-11-13-15-17-19-21-22-23-24-26-28-30-32-34-36-38-42(47)44(49)41(40-46)45-43(48)39-37-35-33-31-29-27-25-20-18-16-14-12-10-8-6-4-2/h41-42,44,46-47,49H,3-40H2,1-2H3,(H,45,48). The van der Waals surface area contributed by atoms with E-state index in [2.05, 4.69) is 19.2 Å². The minimum atomic E-state index is -1.13. The van der Waals surface area contributed by atoms with Gasteiger partial charge < -0.3 is 20.6 Å². The van der Waals surface area contributed by atoms with Crippen LogP contribution in [0.3, 0.4) is 0 Å². The third-order valence-corrected chi connectivity index (χ3v) is 10.7. The van der Waals surface area contributed by atoms with E-state index < -0.39 is 18.2 Å². The van der Waals surface area contributed by atoms with Crippen LogP contribution in [-0.2, 0) is 4.79 Å². The van der Waals surface area contributed by atoms with Crippen molar-refractivity contribution < 1.29 is 20.1 Å². The van der Waals surface area contributed by atoms with Gasteiger partial charge in [0.25, 0.3) is 0 Å². The lowest BCUT2D eigenvalue weighted by Crippen LogP contribution is -2.50. The van der Waals surface area contributed by atoms with Crippen molar-refractivity contribution in [2.75, 3.05) is 6.61 Å². The number of aliphatic hydroxyl groups is 3. The SMILES string of the molecule is CCCCCCCCCCCCCCCCCCCCCC(O)C(O)C(CO)NC(=O)CCCCCCCCCCCCCCCCCC. The molecule has 0 heterocycles. The number of hydrogen-bond acceptors (Lipinski definition) is 4. The monoisotopic (exact) mass is 696 g/mol. The summed E-state index contributed by atoms with van der Waals surface area (Å²) in [6.07, 6.45) is 44.9. The minimum absolute atomic E-state index is 0.140. The van der Waals surface area contributed by atoms with Crippen LogP contribution >= 0.6 is 0 Å². The molecular weight excluding hydrogens is 606 g/mol. The van der Waals surface area contributed by atoms with Crippen LogP contribution < -0.4 is 5.32 Å². The van der Waals surface area contributed by atoms with Crippen LogP contribution in [-0.4, -0.2) is 46.1 Å². The van der Waals surface area contributed by atoms with E-state index in [0.29, 0.717) is 12.8 Å². The molecule has 0 aromatic rings. The van der Waals surface area contributed by atoms with Crippen molar-refractivity contribution in [3.8, 4) is 0 Å². The Labute approximate surface area is 307 Å². The van der Waals surface area contributed by atoms with Gasteiger partial charge in [-0.15, -0.1) is 0 Å². The van der Waals surface area contributed by atoms with E-state index in [4.69, 9.17) is 0 Å². The molecule has 3 unspecified atom stereocenters. The van der Waals surface area contributed by atoms with Gasteiger partial charge in [0, 0.05) is 6.42 Å². The molecule has 0 fully saturated rings. The zero-order chi connectivity index (χ0) is 35.9. The molecule has 5 heteroatoms. The van der Waals surface area contributed by atoms with Crippen LogP contribution in [0.4, 0.5) is 0 Å². The van der Waals surface area contributed by atoms with Gasteiger partial charge in [-0.25, -0.2) is 0 Å². The molecule has 0 rings (SSSR count). The molecule has 0 aromatic carbocycles. The van der Waals surface area contributed by atoms with Crippen LogP contribution in [0.15, 0.2) is 0 Å². The van der Waals surface area contributed by atoms with Crippen LogP contribution in [0, 0.1) is 0 Å². The highest BCUT2D eigenvalue weighted by atomic mass is 16.3. The third-order valence-electron chi connectivity index (χ3n) is 10.7. The summed E-state index contributed by atoms with van der Waals surface area (Å²) in [5, 5.41) is 33.6. The number of carbonyl (C=O) groups is 1. The number of nitrogens with one attached hydrogen (secondary N) is 1. The molecule has 0 aliphatic heterocycles. The maximum absolute atomic E-state index is 12.4. The van der Waals surface area contributed by atoms with Gasteiger partial charge in [0.1, 0.15) is 6.10 Å². The van der Waals surface area contributed by atoms with Crippen molar-refractivity contribution in [1.82, 2.24) is 5.32 Å². The number of aliphatic hydroxyl groups excluding tert-OH is 3. The Hall–Kier alpha value is -0.650. The summed E-state index contributed by atoms with van der Waals surface area (Å²) in [4.78, 5) is 12.4. The molecular formula is C44H89NO4. The Balaban J connectivity index is 3.58. The molecule has 5 nitrogen and oxygen atoms in total. The quantitative estimate of drug-likeness (QED) is 0.0479. The first-order chi connectivity index (χ1) is 24.1. The van der Waals surface area contributed by atoms with Crippen LogP contribution in [0.2, 0.25) is 0 Å². The molecule has 49 heavy (non-hydrogen) atoms. The first kappa shape index (κ1) is 48.3. The van der Waals surface area contributed by atoms with Crippen LogP contribution in [0.25, 0.3) is 0 Å². The van der Waals surface area contributed by atoms with E-state index in [-0.39, 0.29) is 12.5 Å². The molecule has 0 spiro atoms. The zero-order valence-corrected chi connectivity index (χ0v) is 33.4. The number of unbranched alkanes of at least 4 members (excludes halogenated alkanes) is 33. The molecule has 3 atom stereocenters. The Morgan fingerprint density at radius 2 is 0.694 bits per heavy atom. The van der Waals surface area contributed by atoms with Crippen molar-refractivity contribution >= 4 is 5.91 Å². The Bertz CT molecular complexity index is 644. The van der Waals surface area contributed by atoms with Crippen molar-refractivity contribution in [2.45, 2.75) is 270 Å². The van der Waals surface area contributed by atoms with Crippen LogP contribution in [0.5, 0.6) is 0 Å². The normalized spacial score (nSPS) is 13.5. The lowest BCUT2D eigenvalue weighted by atomic mass is 9.99. The molecule has 0 aliphatic rings. The highest BCUT2D eigenvalue weighted by Gasteiger charge is 2.26. The van der Waals surface area contributed by atoms with Crippen LogP contribution in [0.1, 0.15) is 251 Å². The van der Waals surface area contributed by atoms with Gasteiger partial charge in [-0.1, -0.05) is 232 Å². The fraction of sp³-hybridized carbons (Fsp3) is 0.977. The average Bonchev–Trinajstić information content (AvgIpc) is 3.10. The third kappa shape index (κ3) is 35.5. The van der Waals surface area contributed by atoms with Crippen molar-refractivity contribution in [2.24, 2.45) is 0 Å². The lowest BCUT2D eigenvalue weighted by Gasteiger charge is -2.26. The second-order valence-electron chi connectivity index (χ2n) is 15.6. The summed E-state index contributed by atoms with van der Waals surface area (Å²) >= 11 is 0. The molecule has 0 aromatic heterocycles. The smallest absolute Gasteiger partial charge is 0.220 e. The highest BCUT2D eigenvalue weighted by molar-refractivity contribution is 5.76. The second kappa shape index (κ2) is 40.1. The summed E-state index contributed by atoms with van der Waals surface area (Å²) in [5.74, 6) is -0.140. The number of hydrogen-bond donors (Lipinski definition) is 4. The fourth-order valence-electron chi connectivity index (χ4n) is 7.22. The largest absolute Gasteiger partial charge is 0.394 e. The van der Waals surface area contributed by atoms with E-state index in [0.717, 1.165) is 32.1 Å². The Morgan fingerprint density at radius 1 is 0.429 bits per heavy atom. The van der Waals surface area contributed by atoms with Gasteiger partial charge in [-0.05, 0) is 12.8 Å². The first-order valence-corrected chi connectivity index (χ1v) is 22.3. The molecule has 4 N–H and O–H groups in total. The van der Waals surface area contributed by atoms with Crippen molar-refractivity contribution in [3.05, 3.63) is 0 Å². The molecule has 0 saturated heterocycles. The van der Waals surface area contributed by atoms with Gasteiger partial charge in [0.2, 0.25) is 5.91 Å². The molecule has 0 bridgehead atoms. The highest BCUT2D eigenvalue weighted by Crippen LogP contribution is 2.17. The van der Waals surface area contributed by atoms with E-state index in [9.17, 15) is 20.1 Å². The van der Waals surface area contributed by atoms with Gasteiger partial charge in [-0.2, -0.15) is 0 Å². The summed E-state index contributed by atoms with van der Waals surface area (Å²) in [6, 6.07) is -0.802. The van der Waals surface area contributed by atoms with E-state index >= 15 is 0 Å². The summed E-state index contributed by atoms with van der Waals surface area (Å²) in [5.41, 5.74) is 0. The predicted molar refractivity (Wildman–Crippen MR) is 213 cm³/mol. The molecule has 0 saturated carbocycles. The van der Waals surface area contributed by atoms with Crippen molar-refractivity contribution in [1.29, 1.82) is 0 Å². The zero-order valence-electron chi connectivity index (χ0n) is 33.4. The van der Waals surface area contributed by atoms with Gasteiger partial charge in [0.05, 0.1) is 18.8 Å². The van der Waals surface area contributed by atoms with Gasteiger partial charge in [0.15, 0.2) is 0 Å².